The van der Waals surface area contributed by atoms with E-state index in [4.69, 9.17) is 14.0 Å². The van der Waals surface area contributed by atoms with Crippen LogP contribution in [0.2, 0.25) is 0 Å². The van der Waals surface area contributed by atoms with Crippen LogP contribution in [0.4, 0.5) is 5.82 Å². The van der Waals surface area contributed by atoms with Gasteiger partial charge in [0.25, 0.3) is 5.91 Å². The van der Waals surface area contributed by atoms with Crippen molar-refractivity contribution in [2.24, 2.45) is 7.05 Å². The lowest BCUT2D eigenvalue weighted by atomic mass is 10.1. The van der Waals surface area contributed by atoms with E-state index in [-0.39, 0.29) is 5.91 Å². The number of anilines is 1. The van der Waals surface area contributed by atoms with Crippen LogP contribution in [0.5, 0.6) is 11.5 Å². The van der Waals surface area contributed by atoms with Crippen molar-refractivity contribution in [2.75, 3.05) is 45.3 Å². The summed E-state index contributed by atoms with van der Waals surface area (Å²) < 4.78 is 17.8. The topological polar surface area (TPSA) is 112 Å². The van der Waals surface area contributed by atoms with Crippen LogP contribution in [0.15, 0.2) is 47.1 Å². The standard InChI is InChI=1S/C27H29N7O4/c1-32-22(15-21(30-32)20-14-19(36-2)7-8-23(20)37-3)27(35)34-12-10-33(11-13-34)24-9-6-18(16-28-24)25-29-26(38-31-25)17-4-5-17/h6-9,14-17H,4-5,10-13H2,1-3H3. The Bertz CT molecular complexity index is 1450. The van der Waals surface area contributed by atoms with Crippen molar-refractivity contribution < 1.29 is 18.8 Å². The number of nitrogens with zero attached hydrogens (tertiary/aromatic N) is 7. The Morgan fingerprint density at radius 3 is 2.53 bits per heavy atom. The van der Waals surface area contributed by atoms with Crippen LogP contribution < -0.4 is 14.4 Å². The predicted molar refractivity (Wildman–Crippen MR) is 139 cm³/mol. The quantitative estimate of drug-likeness (QED) is 0.366. The first-order valence-corrected chi connectivity index (χ1v) is 12.6. The Kier molecular flexibility index (Phi) is 6.18. The molecule has 38 heavy (non-hydrogen) atoms. The van der Waals surface area contributed by atoms with E-state index in [0.717, 1.165) is 29.8 Å². The van der Waals surface area contributed by atoms with Gasteiger partial charge in [-0.25, -0.2) is 4.98 Å². The number of benzene rings is 1. The first-order valence-electron chi connectivity index (χ1n) is 12.6. The number of hydrogen-bond acceptors (Lipinski definition) is 9. The third-order valence-electron chi connectivity index (χ3n) is 7.05. The maximum atomic E-state index is 13.4. The Morgan fingerprint density at radius 1 is 1.03 bits per heavy atom. The molecule has 0 N–H and O–H groups in total. The molecule has 4 aromatic rings. The van der Waals surface area contributed by atoms with Gasteiger partial charge >= 0.3 is 0 Å². The van der Waals surface area contributed by atoms with Crippen molar-refractivity contribution in [3.05, 3.63) is 54.2 Å². The van der Waals surface area contributed by atoms with Crippen molar-refractivity contribution in [3.8, 4) is 34.1 Å². The predicted octanol–water partition coefficient (Wildman–Crippen LogP) is 3.39. The normalized spacial score (nSPS) is 15.6. The van der Waals surface area contributed by atoms with E-state index >= 15 is 0 Å². The van der Waals surface area contributed by atoms with Gasteiger partial charge in [0.1, 0.15) is 23.0 Å². The number of carbonyl (C=O) groups excluding carboxylic acids is 1. The summed E-state index contributed by atoms with van der Waals surface area (Å²) in [6, 6.07) is 11.3. The second kappa shape index (κ2) is 9.81. The van der Waals surface area contributed by atoms with E-state index in [1.54, 1.807) is 38.2 Å². The summed E-state index contributed by atoms with van der Waals surface area (Å²) in [7, 11) is 5.00. The highest BCUT2D eigenvalue weighted by Crippen LogP contribution is 2.39. The lowest BCUT2D eigenvalue weighted by molar-refractivity contribution is 0.0735. The first kappa shape index (κ1) is 24.0. The molecule has 0 spiro atoms. The SMILES string of the molecule is COc1ccc(OC)c(-c2cc(C(=O)N3CCN(c4ccc(-c5noc(C6CC6)n5)cn4)CC3)n(C)n2)c1. The minimum absolute atomic E-state index is 0.0559. The number of ether oxygens (including phenoxy) is 2. The Hall–Kier alpha value is -4.41. The van der Waals surface area contributed by atoms with Gasteiger partial charge in [-0.05, 0) is 49.2 Å². The molecule has 1 saturated carbocycles. The summed E-state index contributed by atoms with van der Waals surface area (Å²) in [5.74, 6) is 3.87. The van der Waals surface area contributed by atoms with Crippen LogP contribution in [-0.2, 0) is 7.05 Å². The molecule has 1 aliphatic heterocycles. The van der Waals surface area contributed by atoms with E-state index in [2.05, 4.69) is 25.1 Å². The first-order chi connectivity index (χ1) is 18.5. The van der Waals surface area contributed by atoms with E-state index in [9.17, 15) is 4.79 Å². The number of amides is 1. The second-order valence-electron chi connectivity index (χ2n) is 9.52. The average Bonchev–Trinajstić information content (AvgIpc) is 3.57. The van der Waals surface area contributed by atoms with Crippen molar-refractivity contribution in [3.63, 3.8) is 0 Å². The van der Waals surface area contributed by atoms with Gasteiger partial charge < -0.3 is 23.8 Å². The summed E-state index contributed by atoms with van der Waals surface area (Å²) in [6.45, 7) is 2.53. The molecule has 3 aromatic heterocycles. The highest BCUT2D eigenvalue weighted by molar-refractivity contribution is 5.94. The Labute approximate surface area is 220 Å². The van der Waals surface area contributed by atoms with Gasteiger partial charge in [0, 0.05) is 56.5 Å². The molecule has 2 aliphatic rings. The molecule has 1 amide bonds. The highest BCUT2D eigenvalue weighted by atomic mass is 16.5. The van der Waals surface area contributed by atoms with Crippen LogP contribution in [0, 0.1) is 0 Å². The van der Waals surface area contributed by atoms with Gasteiger partial charge in [-0.2, -0.15) is 10.1 Å². The number of pyridine rings is 1. The van der Waals surface area contributed by atoms with Crippen molar-refractivity contribution in [1.82, 2.24) is 29.8 Å². The molecule has 11 heteroatoms. The smallest absolute Gasteiger partial charge is 0.272 e. The van der Waals surface area contributed by atoms with Gasteiger partial charge in [-0.15, -0.1) is 0 Å². The number of aromatic nitrogens is 5. The van der Waals surface area contributed by atoms with Crippen LogP contribution >= 0.6 is 0 Å². The number of carbonyl (C=O) groups is 1. The fourth-order valence-electron chi connectivity index (χ4n) is 4.67. The molecule has 0 bridgehead atoms. The fraction of sp³-hybridized carbons (Fsp3) is 0.370. The van der Waals surface area contributed by atoms with E-state index in [0.29, 0.717) is 66.7 Å². The van der Waals surface area contributed by atoms with E-state index < -0.39 is 0 Å². The van der Waals surface area contributed by atoms with Crippen LogP contribution in [-0.4, -0.2) is 76.1 Å². The summed E-state index contributed by atoms with van der Waals surface area (Å²) in [6.07, 6.45) is 4.01. The Morgan fingerprint density at radius 2 is 1.84 bits per heavy atom. The molecule has 1 aliphatic carbocycles. The van der Waals surface area contributed by atoms with E-state index in [1.165, 1.54) is 0 Å². The largest absolute Gasteiger partial charge is 0.497 e. The molecule has 6 rings (SSSR count). The van der Waals surface area contributed by atoms with Gasteiger partial charge in [0.15, 0.2) is 0 Å². The maximum Gasteiger partial charge on any atom is 0.272 e. The molecule has 196 valence electrons. The molecule has 11 nitrogen and oxygen atoms in total. The summed E-state index contributed by atoms with van der Waals surface area (Å²) in [5.41, 5.74) is 2.77. The lowest BCUT2D eigenvalue weighted by Gasteiger charge is -2.35. The average molecular weight is 516 g/mol. The summed E-state index contributed by atoms with van der Waals surface area (Å²) in [4.78, 5) is 26.5. The number of aryl methyl sites for hydroxylation is 1. The monoisotopic (exact) mass is 515 g/mol. The number of rotatable bonds is 7. The minimum atomic E-state index is -0.0559. The zero-order valence-corrected chi connectivity index (χ0v) is 21.6. The molecule has 0 radical (unpaired) electrons. The molecule has 0 unspecified atom stereocenters. The number of piperazine rings is 1. The molecule has 4 heterocycles. The van der Waals surface area contributed by atoms with E-state index in [1.807, 2.05) is 35.2 Å². The minimum Gasteiger partial charge on any atom is -0.497 e. The third-order valence-corrected chi connectivity index (χ3v) is 7.05. The zero-order chi connectivity index (χ0) is 26.2. The third kappa shape index (κ3) is 4.55. The highest BCUT2D eigenvalue weighted by Gasteiger charge is 2.30. The van der Waals surface area contributed by atoms with Crippen molar-refractivity contribution in [2.45, 2.75) is 18.8 Å². The van der Waals surface area contributed by atoms with Crippen molar-refractivity contribution in [1.29, 1.82) is 0 Å². The molecular weight excluding hydrogens is 486 g/mol. The summed E-state index contributed by atoms with van der Waals surface area (Å²) >= 11 is 0. The van der Waals surface area contributed by atoms with Gasteiger partial charge in [-0.1, -0.05) is 5.16 Å². The molecular formula is C27H29N7O4. The Balaban J connectivity index is 1.11. The summed E-state index contributed by atoms with van der Waals surface area (Å²) in [5, 5.41) is 8.68. The number of hydrogen-bond donors (Lipinski definition) is 0. The van der Waals surface area contributed by atoms with Crippen LogP contribution in [0.3, 0.4) is 0 Å². The van der Waals surface area contributed by atoms with Crippen LogP contribution in [0.1, 0.15) is 35.1 Å². The molecule has 1 aromatic carbocycles. The number of methoxy groups -OCH3 is 2. The lowest BCUT2D eigenvalue weighted by Crippen LogP contribution is -2.49. The molecule has 2 fully saturated rings. The van der Waals surface area contributed by atoms with Gasteiger partial charge in [0.2, 0.25) is 11.7 Å². The molecule has 1 saturated heterocycles. The van der Waals surface area contributed by atoms with Crippen LogP contribution in [0.25, 0.3) is 22.6 Å². The fourth-order valence-corrected chi connectivity index (χ4v) is 4.67. The maximum absolute atomic E-state index is 13.4. The van der Waals surface area contributed by atoms with Crippen molar-refractivity contribution >= 4 is 11.7 Å². The molecule has 0 atom stereocenters. The second-order valence-corrected chi connectivity index (χ2v) is 9.52. The zero-order valence-electron chi connectivity index (χ0n) is 21.6. The van der Waals surface area contributed by atoms with Gasteiger partial charge in [-0.3, -0.25) is 9.48 Å². The van der Waals surface area contributed by atoms with Gasteiger partial charge in [0.05, 0.1) is 19.9 Å².